The van der Waals surface area contributed by atoms with Crippen molar-refractivity contribution in [1.82, 2.24) is 10.9 Å². The summed E-state index contributed by atoms with van der Waals surface area (Å²) < 4.78 is 0. The molecule has 2 amide bonds. The number of rotatable bonds is 3. The maximum absolute atomic E-state index is 12.2. The number of hydrogen-bond acceptors (Lipinski definition) is 6. The molecular weight excluding hydrogens is 350 g/mol. The molecule has 0 bridgehead atoms. The van der Waals surface area contributed by atoms with E-state index in [0.717, 1.165) is 37.0 Å². The van der Waals surface area contributed by atoms with Crippen LogP contribution in [0.4, 0.5) is 5.00 Å². The SMILES string of the molecule is O=C(NNC(=O)c1cc2c(s1)CCCCC2)c1ccc([N+](=O)[O-])s1. The molecule has 1 aliphatic rings. The Labute approximate surface area is 145 Å². The molecule has 0 fully saturated rings. The number of carbonyl (C=O) groups is 2. The Morgan fingerprint density at radius 3 is 2.42 bits per heavy atom. The van der Waals surface area contributed by atoms with Crippen molar-refractivity contribution in [2.75, 3.05) is 0 Å². The van der Waals surface area contributed by atoms with Crippen LogP contribution in [0.1, 0.15) is 49.0 Å². The van der Waals surface area contributed by atoms with Crippen LogP contribution in [0.15, 0.2) is 18.2 Å². The summed E-state index contributed by atoms with van der Waals surface area (Å²) in [7, 11) is 0. The molecule has 0 atom stereocenters. The summed E-state index contributed by atoms with van der Waals surface area (Å²) in [5, 5.41) is 10.5. The summed E-state index contributed by atoms with van der Waals surface area (Å²) >= 11 is 2.22. The van der Waals surface area contributed by atoms with Crippen LogP contribution in [0.5, 0.6) is 0 Å². The number of carbonyl (C=O) groups excluding carboxylic acids is 2. The average molecular weight is 365 g/mol. The zero-order chi connectivity index (χ0) is 17.1. The molecule has 126 valence electrons. The Morgan fingerprint density at radius 2 is 1.71 bits per heavy atom. The molecule has 0 saturated heterocycles. The fourth-order valence-corrected chi connectivity index (χ4v) is 4.43. The minimum atomic E-state index is -0.570. The van der Waals surface area contributed by atoms with E-state index >= 15 is 0 Å². The Morgan fingerprint density at radius 1 is 1.00 bits per heavy atom. The van der Waals surface area contributed by atoms with E-state index in [1.54, 1.807) is 0 Å². The lowest BCUT2D eigenvalue weighted by Crippen LogP contribution is -2.41. The van der Waals surface area contributed by atoms with E-state index in [1.807, 2.05) is 6.07 Å². The molecule has 0 saturated carbocycles. The summed E-state index contributed by atoms with van der Waals surface area (Å²) in [4.78, 5) is 36.2. The Bertz CT molecular complexity index is 773. The molecule has 24 heavy (non-hydrogen) atoms. The van der Waals surface area contributed by atoms with E-state index in [9.17, 15) is 19.7 Å². The van der Waals surface area contributed by atoms with E-state index in [4.69, 9.17) is 0 Å². The van der Waals surface area contributed by atoms with Gasteiger partial charge in [0.15, 0.2) is 0 Å². The van der Waals surface area contributed by atoms with Gasteiger partial charge in [0.25, 0.3) is 11.8 Å². The van der Waals surface area contributed by atoms with Gasteiger partial charge >= 0.3 is 5.00 Å². The normalized spacial score (nSPS) is 13.7. The highest BCUT2D eigenvalue weighted by atomic mass is 32.1. The average Bonchev–Trinajstić information content (AvgIpc) is 3.15. The molecule has 1 aliphatic carbocycles. The van der Waals surface area contributed by atoms with E-state index in [1.165, 1.54) is 40.3 Å². The topological polar surface area (TPSA) is 101 Å². The molecule has 2 aromatic heterocycles. The van der Waals surface area contributed by atoms with Gasteiger partial charge in [-0.15, -0.1) is 11.3 Å². The van der Waals surface area contributed by atoms with E-state index in [2.05, 4.69) is 10.9 Å². The van der Waals surface area contributed by atoms with Crippen molar-refractivity contribution in [3.8, 4) is 0 Å². The number of aryl methyl sites for hydroxylation is 2. The highest BCUT2D eigenvalue weighted by Crippen LogP contribution is 2.29. The number of nitrogens with one attached hydrogen (secondary N) is 2. The lowest BCUT2D eigenvalue weighted by atomic mass is 10.1. The molecule has 2 N–H and O–H groups in total. The zero-order valence-corrected chi connectivity index (χ0v) is 14.3. The molecule has 0 aromatic carbocycles. The third-order valence-electron chi connectivity index (χ3n) is 3.76. The van der Waals surface area contributed by atoms with Gasteiger partial charge in [0, 0.05) is 10.9 Å². The molecule has 0 aliphatic heterocycles. The number of fused-ring (bicyclic) bond motifs is 1. The Hall–Kier alpha value is -2.26. The highest BCUT2D eigenvalue weighted by Gasteiger charge is 2.18. The van der Waals surface area contributed by atoms with Crippen LogP contribution >= 0.6 is 22.7 Å². The molecule has 9 heteroatoms. The van der Waals surface area contributed by atoms with Crippen LogP contribution in [0.25, 0.3) is 0 Å². The first-order valence-corrected chi connectivity index (χ1v) is 9.14. The van der Waals surface area contributed by atoms with Crippen molar-refractivity contribution in [1.29, 1.82) is 0 Å². The number of thiophene rings is 2. The summed E-state index contributed by atoms with van der Waals surface area (Å²) in [5.74, 6) is -0.938. The van der Waals surface area contributed by atoms with Crippen LogP contribution in [0, 0.1) is 10.1 Å². The molecule has 0 spiro atoms. The van der Waals surface area contributed by atoms with Crippen molar-refractivity contribution < 1.29 is 14.5 Å². The molecule has 3 rings (SSSR count). The van der Waals surface area contributed by atoms with Gasteiger partial charge < -0.3 is 0 Å². The lowest BCUT2D eigenvalue weighted by Gasteiger charge is -2.04. The second kappa shape index (κ2) is 7.10. The number of nitro groups is 1. The van der Waals surface area contributed by atoms with Crippen molar-refractivity contribution >= 4 is 39.5 Å². The van der Waals surface area contributed by atoms with Gasteiger partial charge in [-0.1, -0.05) is 17.8 Å². The van der Waals surface area contributed by atoms with Gasteiger partial charge in [-0.3, -0.25) is 30.6 Å². The third kappa shape index (κ3) is 3.62. The van der Waals surface area contributed by atoms with Crippen molar-refractivity contribution in [3.05, 3.63) is 48.5 Å². The lowest BCUT2D eigenvalue weighted by molar-refractivity contribution is -0.380. The standard InChI is InChI=1S/C15H15N3O4S2/c19-14(11-6-7-13(24-11)18(21)22)16-17-15(20)12-8-9-4-2-1-3-5-10(9)23-12/h6-8H,1-5H2,(H,16,19)(H,17,20). The number of amides is 2. The predicted octanol–water partition coefficient (Wildman–Crippen LogP) is 3.06. The van der Waals surface area contributed by atoms with Gasteiger partial charge in [0.2, 0.25) is 0 Å². The fraction of sp³-hybridized carbons (Fsp3) is 0.333. The first-order valence-electron chi connectivity index (χ1n) is 7.51. The highest BCUT2D eigenvalue weighted by molar-refractivity contribution is 7.17. The van der Waals surface area contributed by atoms with Crippen LogP contribution in [0.2, 0.25) is 0 Å². The van der Waals surface area contributed by atoms with Crippen LogP contribution in [-0.2, 0) is 12.8 Å². The molecule has 2 aromatic rings. The fourth-order valence-electron chi connectivity index (χ4n) is 2.56. The summed E-state index contributed by atoms with van der Waals surface area (Å²) in [6.07, 6.45) is 5.48. The van der Waals surface area contributed by atoms with Crippen molar-refractivity contribution in [2.24, 2.45) is 0 Å². The van der Waals surface area contributed by atoms with E-state index in [0.29, 0.717) is 4.88 Å². The third-order valence-corrected chi connectivity index (χ3v) is 6.03. The Balaban J connectivity index is 1.60. The smallest absolute Gasteiger partial charge is 0.266 e. The first kappa shape index (κ1) is 16.6. The quantitative estimate of drug-likeness (QED) is 0.496. The molecular formula is C15H15N3O4S2. The van der Waals surface area contributed by atoms with Crippen molar-refractivity contribution in [2.45, 2.75) is 32.1 Å². The minimum Gasteiger partial charge on any atom is -0.266 e. The van der Waals surface area contributed by atoms with Gasteiger partial charge in [0.05, 0.1) is 9.80 Å². The maximum atomic E-state index is 12.2. The second-order valence-electron chi connectivity index (χ2n) is 5.42. The largest absolute Gasteiger partial charge is 0.324 e. The predicted molar refractivity (Wildman–Crippen MR) is 91.5 cm³/mol. The van der Waals surface area contributed by atoms with Crippen molar-refractivity contribution in [3.63, 3.8) is 0 Å². The van der Waals surface area contributed by atoms with E-state index in [-0.39, 0.29) is 15.8 Å². The van der Waals surface area contributed by atoms with E-state index < -0.39 is 10.8 Å². The van der Waals surface area contributed by atoms with Crippen LogP contribution in [-0.4, -0.2) is 16.7 Å². The maximum Gasteiger partial charge on any atom is 0.324 e. The van der Waals surface area contributed by atoms with Gasteiger partial charge in [0.1, 0.15) is 4.88 Å². The summed E-state index contributed by atoms with van der Waals surface area (Å²) in [5.41, 5.74) is 5.89. The Kier molecular flexibility index (Phi) is 4.91. The second-order valence-corrected chi connectivity index (χ2v) is 7.62. The molecule has 7 nitrogen and oxygen atoms in total. The minimum absolute atomic E-state index is 0.117. The van der Waals surface area contributed by atoms with Gasteiger partial charge in [-0.25, -0.2) is 0 Å². The molecule has 0 unspecified atom stereocenters. The molecule has 2 heterocycles. The van der Waals surface area contributed by atoms with Gasteiger partial charge in [-0.2, -0.15) is 0 Å². The summed E-state index contributed by atoms with van der Waals surface area (Å²) in [6.45, 7) is 0. The number of hydrazine groups is 1. The molecule has 0 radical (unpaired) electrons. The van der Waals surface area contributed by atoms with Gasteiger partial charge in [-0.05, 0) is 43.4 Å². The van der Waals surface area contributed by atoms with Crippen LogP contribution < -0.4 is 10.9 Å². The first-order chi connectivity index (χ1) is 11.5. The monoisotopic (exact) mass is 365 g/mol. The number of hydrogen-bond donors (Lipinski definition) is 2. The zero-order valence-electron chi connectivity index (χ0n) is 12.7. The summed E-state index contributed by atoms with van der Waals surface area (Å²) in [6, 6.07) is 4.51. The van der Waals surface area contributed by atoms with Crippen LogP contribution in [0.3, 0.4) is 0 Å². The number of nitrogens with zero attached hydrogens (tertiary/aromatic N) is 1.